The summed E-state index contributed by atoms with van der Waals surface area (Å²) in [6, 6.07) is 32.3. The standard InChI is InChI=1S/C19H21NO2.C19H21NO/c1-19(2,3)15-7-4-14(5-8-15)6-13-18(22)20-16-9-11-17(21)12-10-16;1-19(2,3)16-12-9-15(10-13-16)11-14-18(21)20-17-7-5-4-6-8-17/h4-13,21H,1-3H3,(H,20,22);4-14H,1-3H3,(H,20,21)/b13-6+;14-11+. The summed E-state index contributed by atoms with van der Waals surface area (Å²) >= 11 is 0. The number of amides is 2. The molecule has 0 heterocycles. The van der Waals surface area contributed by atoms with Crippen molar-refractivity contribution in [2.75, 3.05) is 10.6 Å². The molecule has 2 amide bonds. The molecule has 0 aliphatic heterocycles. The van der Waals surface area contributed by atoms with Crippen LogP contribution in [0.4, 0.5) is 11.4 Å². The van der Waals surface area contributed by atoms with Crippen LogP contribution in [0, 0.1) is 0 Å². The monoisotopic (exact) mass is 574 g/mol. The largest absolute Gasteiger partial charge is 0.508 e. The van der Waals surface area contributed by atoms with Crippen molar-refractivity contribution in [3.05, 3.63) is 138 Å². The van der Waals surface area contributed by atoms with Crippen LogP contribution < -0.4 is 10.6 Å². The molecule has 0 saturated heterocycles. The van der Waals surface area contributed by atoms with E-state index in [1.54, 1.807) is 24.3 Å². The Labute approximate surface area is 256 Å². The minimum atomic E-state index is -0.203. The molecule has 4 rings (SSSR count). The summed E-state index contributed by atoms with van der Waals surface area (Å²) in [7, 11) is 0. The molecule has 0 saturated carbocycles. The van der Waals surface area contributed by atoms with Gasteiger partial charge in [-0.2, -0.15) is 0 Å². The van der Waals surface area contributed by atoms with Gasteiger partial charge in [0.15, 0.2) is 0 Å². The number of rotatable bonds is 6. The van der Waals surface area contributed by atoms with Crippen LogP contribution in [0.3, 0.4) is 0 Å². The molecule has 5 nitrogen and oxygen atoms in total. The van der Waals surface area contributed by atoms with E-state index in [1.165, 1.54) is 29.3 Å². The molecule has 0 aromatic heterocycles. The first kappa shape index (κ1) is 32.6. The molecule has 0 spiro atoms. The molecule has 4 aromatic carbocycles. The SMILES string of the molecule is CC(C)(C)c1ccc(/C=C/C(=O)Nc2ccc(O)cc2)cc1.CC(C)(C)c1ccc(/C=C/C(=O)Nc2ccccc2)cc1. The maximum Gasteiger partial charge on any atom is 0.248 e. The summed E-state index contributed by atoms with van der Waals surface area (Å²) in [6.07, 6.45) is 6.66. The lowest BCUT2D eigenvalue weighted by Crippen LogP contribution is -2.10. The average molecular weight is 575 g/mol. The van der Waals surface area contributed by atoms with Crippen LogP contribution in [0.2, 0.25) is 0 Å². The number of aromatic hydroxyl groups is 1. The van der Waals surface area contributed by atoms with Gasteiger partial charge in [-0.15, -0.1) is 0 Å². The summed E-state index contributed by atoms with van der Waals surface area (Å²) in [5.74, 6) is -0.154. The molecule has 0 radical (unpaired) electrons. The van der Waals surface area contributed by atoms with Crippen molar-refractivity contribution in [2.24, 2.45) is 0 Å². The second-order valence-electron chi connectivity index (χ2n) is 12.3. The second kappa shape index (κ2) is 14.8. The van der Waals surface area contributed by atoms with Crippen LogP contribution in [0.5, 0.6) is 5.75 Å². The van der Waals surface area contributed by atoms with E-state index < -0.39 is 0 Å². The first-order chi connectivity index (χ1) is 20.3. The minimum Gasteiger partial charge on any atom is -0.508 e. The number of anilines is 2. The number of benzene rings is 4. The lowest BCUT2D eigenvalue weighted by molar-refractivity contribution is -0.112. The maximum absolute atomic E-state index is 11.8. The molecule has 0 aliphatic rings. The zero-order chi connectivity index (χ0) is 31.5. The van der Waals surface area contributed by atoms with E-state index in [4.69, 9.17) is 0 Å². The van der Waals surface area contributed by atoms with Crippen LogP contribution in [0.15, 0.2) is 115 Å². The van der Waals surface area contributed by atoms with Gasteiger partial charge in [0, 0.05) is 23.5 Å². The van der Waals surface area contributed by atoms with E-state index in [-0.39, 0.29) is 28.4 Å². The molecule has 0 bridgehead atoms. The van der Waals surface area contributed by atoms with Gasteiger partial charge in [0.2, 0.25) is 11.8 Å². The van der Waals surface area contributed by atoms with Gasteiger partial charge in [-0.05, 0) is 81.6 Å². The summed E-state index contributed by atoms with van der Waals surface area (Å²) in [6.45, 7) is 13.1. The van der Waals surface area contributed by atoms with E-state index in [2.05, 4.69) is 76.4 Å². The van der Waals surface area contributed by atoms with E-state index in [9.17, 15) is 14.7 Å². The van der Waals surface area contributed by atoms with Crippen molar-refractivity contribution in [3.8, 4) is 5.75 Å². The highest BCUT2D eigenvalue weighted by atomic mass is 16.3. The molecule has 0 unspecified atom stereocenters. The van der Waals surface area contributed by atoms with Gasteiger partial charge in [0.1, 0.15) is 5.75 Å². The fourth-order valence-corrected chi connectivity index (χ4v) is 3.97. The van der Waals surface area contributed by atoms with Gasteiger partial charge in [-0.1, -0.05) is 108 Å². The van der Waals surface area contributed by atoms with Crippen LogP contribution in [0.1, 0.15) is 63.8 Å². The Balaban J connectivity index is 0.000000236. The predicted octanol–water partition coefficient (Wildman–Crippen LogP) is 8.98. The average Bonchev–Trinajstić information content (AvgIpc) is 2.97. The van der Waals surface area contributed by atoms with Crippen LogP contribution >= 0.6 is 0 Å². The fourth-order valence-electron chi connectivity index (χ4n) is 3.97. The van der Waals surface area contributed by atoms with E-state index in [1.807, 2.05) is 60.7 Å². The van der Waals surface area contributed by atoms with Crippen molar-refractivity contribution in [1.82, 2.24) is 0 Å². The van der Waals surface area contributed by atoms with E-state index in [0.717, 1.165) is 16.8 Å². The first-order valence-electron chi connectivity index (χ1n) is 14.3. The Kier molecular flexibility index (Phi) is 11.2. The van der Waals surface area contributed by atoms with Gasteiger partial charge in [-0.25, -0.2) is 0 Å². The minimum absolute atomic E-state index is 0.124. The summed E-state index contributed by atoms with van der Waals surface area (Å²) in [4.78, 5) is 23.7. The first-order valence-corrected chi connectivity index (χ1v) is 14.3. The van der Waals surface area contributed by atoms with Gasteiger partial charge in [0.05, 0.1) is 0 Å². The number of nitrogens with one attached hydrogen (secondary N) is 2. The van der Waals surface area contributed by atoms with Gasteiger partial charge in [0.25, 0.3) is 0 Å². The lowest BCUT2D eigenvalue weighted by Gasteiger charge is -2.18. The number of carbonyl (C=O) groups excluding carboxylic acids is 2. The Morgan fingerprint density at radius 1 is 0.535 bits per heavy atom. The maximum atomic E-state index is 11.8. The lowest BCUT2D eigenvalue weighted by atomic mass is 9.87. The fraction of sp³-hybridized carbons (Fsp3) is 0.211. The van der Waals surface area contributed by atoms with Crippen molar-refractivity contribution in [1.29, 1.82) is 0 Å². The topological polar surface area (TPSA) is 78.4 Å². The molecular formula is C38H42N2O3. The number of hydrogen-bond donors (Lipinski definition) is 3. The van der Waals surface area contributed by atoms with Gasteiger partial charge >= 0.3 is 0 Å². The summed E-state index contributed by atoms with van der Waals surface area (Å²) in [5.41, 5.74) is 6.27. The van der Waals surface area contributed by atoms with E-state index >= 15 is 0 Å². The van der Waals surface area contributed by atoms with Gasteiger partial charge in [-0.3, -0.25) is 9.59 Å². The second-order valence-corrected chi connectivity index (χ2v) is 12.3. The third kappa shape index (κ3) is 11.5. The number of para-hydroxylation sites is 1. The normalized spacial score (nSPS) is 11.6. The smallest absolute Gasteiger partial charge is 0.248 e. The third-order valence-electron chi connectivity index (χ3n) is 6.58. The molecule has 0 atom stereocenters. The molecular weight excluding hydrogens is 532 g/mol. The van der Waals surface area contributed by atoms with E-state index in [0.29, 0.717) is 5.69 Å². The Bertz CT molecular complexity index is 1520. The van der Waals surface area contributed by atoms with Crippen LogP contribution in [0.25, 0.3) is 12.2 Å². The van der Waals surface area contributed by atoms with Gasteiger partial charge < -0.3 is 15.7 Å². The number of carbonyl (C=O) groups is 2. The van der Waals surface area contributed by atoms with Crippen molar-refractivity contribution < 1.29 is 14.7 Å². The van der Waals surface area contributed by atoms with Crippen molar-refractivity contribution in [2.45, 2.75) is 52.4 Å². The molecule has 5 heteroatoms. The summed E-state index contributed by atoms with van der Waals surface area (Å²) in [5, 5.41) is 14.8. The quantitative estimate of drug-likeness (QED) is 0.159. The molecule has 3 N–H and O–H groups in total. The predicted molar refractivity (Wildman–Crippen MR) is 180 cm³/mol. The Hall–Kier alpha value is -4.90. The zero-order valence-electron chi connectivity index (χ0n) is 25.9. The Morgan fingerprint density at radius 3 is 1.28 bits per heavy atom. The third-order valence-corrected chi connectivity index (χ3v) is 6.58. The van der Waals surface area contributed by atoms with Crippen LogP contribution in [-0.2, 0) is 20.4 Å². The molecule has 4 aromatic rings. The van der Waals surface area contributed by atoms with Crippen molar-refractivity contribution >= 4 is 35.3 Å². The van der Waals surface area contributed by atoms with Crippen molar-refractivity contribution in [3.63, 3.8) is 0 Å². The number of phenols is 1. The highest BCUT2D eigenvalue weighted by Gasteiger charge is 2.13. The molecule has 0 aliphatic carbocycles. The zero-order valence-corrected chi connectivity index (χ0v) is 25.9. The highest BCUT2D eigenvalue weighted by molar-refractivity contribution is 6.02. The Morgan fingerprint density at radius 2 is 0.907 bits per heavy atom. The molecule has 222 valence electrons. The summed E-state index contributed by atoms with van der Waals surface area (Å²) < 4.78 is 0. The van der Waals surface area contributed by atoms with Crippen LogP contribution in [-0.4, -0.2) is 16.9 Å². The number of hydrogen-bond acceptors (Lipinski definition) is 3. The molecule has 43 heavy (non-hydrogen) atoms. The highest BCUT2D eigenvalue weighted by Crippen LogP contribution is 2.23. The number of phenolic OH excluding ortho intramolecular Hbond substituents is 1. The molecule has 0 fully saturated rings.